The van der Waals surface area contributed by atoms with Crippen molar-refractivity contribution in [2.75, 3.05) is 5.32 Å². The predicted octanol–water partition coefficient (Wildman–Crippen LogP) is 1.91. The molecule has 0 bridgehead atoms. The van der Waals surface area contributed by atoms with Gasteiger partial charge in [0.1, 0.15) is 24.1 Å². The Labute approximate surface area is 119 Å². The number of fused-ring (bicyclic) bond motifs is 1. The second-order valence-corrected chi connectivity index (χ2v) is 4.98. The third kappa shape index (κ3) is 2.86. The lowest BCUT2D eigenvalue weighted by molar-refractivity contribution is 0.290. The van der Waals surface area contributed by atoms with Crippen LogP contribution in [0.1, 0.15) is 12.5 Å². The molecule has 21 heavy (non-hydrogen) atoms. The van der Waals surface area contributed by atoms with Gasteiger partial charge in [-0.1, -0.05) is 0 Å². The van der Waals surface area contributed by atoms with Gasteiger partial charge in [-0.25, -0.2) is 13.6 Å². The van der Waals surface area contributed by atoms with Crippen molar-refractivity contribution in [3.8, 4) is 5.88 Å². The average molecular weight is 293 g/mol. The van der Waals surface area contributed by atoms with Crippen molar-refractivity contribution >= 4 is 5.82 Å². The number of nitrogens with zero attached hydrogens (tertiary/aromatic N) is 2. The number of halogens is 2. The lowest BCUT2D eigenvalue weighted by atomic mass is 10.2. The zero-order valence-electron chi connectivity index (χ0n) is 11.3. The van der Waals surface area contributed by atoms with Crippen LogP contribution in [0.25, 0.3) is 0 Å². The molecule has 1 aliphatic heterocycles. The van der Waals surface area contributed by atoms with Crippen molar-refractivity contribution in [3.63, 3.8) is 0 Å². The first-order valence-electron chi connectivity index (χ1n) is 6.47. The Kier molecular flexibility index (Phi) is 3.32. The highest BCUT2D eigenvalue weighted by Gasteiger charge is 2.19. The van der Waals surface area contributed by atoms with E-state index in [9.17, 15) is 13.6 Å². The topological polar surface area (TPSA) is 56.2 Å². The van der Waals surface area contributed by atoms with Crippen molar-refractivity contribution in [3.05, 3.63) is 51.9 Å². The Morgan fingerprint density at radius 3 is 2.76 bits per heavy atom. The summed E-state index contributed by atoms with van der Waals surface area (Å²) in [6.45, 7) is 2.43. The summed E-state index contributed by atoms with van der Waals surface area (Å²) in [5, 5.41) is 3.12. The SMILES string of the molecule is CC1Cn2c(cc(OCc3cc(F)cc(F)c3)nc2=O)N1. The van der Waals surface area contributed by atoms with Crippen LogP contribution in [0.15, 0.2) is 29.1 Å². The van der Waals surface area contributed by atoms with Crippen LogP contribution >= 0.6 is 0 Å². The lowest BCUT2D eigenvalue weighted by Gasteiger charge is -2.08. The third-order valence-corrected chi connectivity index (χ3v) is 3.15. The molecule has 7 heteroatoms. The Hall–Kier alpha value is -2.44. The van der Waals surface area contributed by atoms with E-state index in [2.05, 4.69) is 10.3 Å². The van der Waals surface area contributed by atoms with Gasteiger partial charge in [-0.2, -0.15) is 4.98 Å². The number of anilines is 1. The molecule has 5 nitrogen and oxygen atoms in total. The molecule has 1 aliphatic rings. The first-order valence-corrected chi connectivity index (χ1v) is 6.47. The normalized spacial score (nSPS) is 16.4. The summed E-state index contributed by atoms with van der Waals surface area (Å²) in [6, 6.07) is 4.87. The van der Waals surface area contributed by atoms with E-state index < -0.39 is 17.3 Å². The summed E-state index contributed by atoms with van der Waals surface area (Å²) < 4.78 is 33.0. The highest BCUT2D eigenvalue weighted by atomic mass is 19.1. The van der Waals surface area contributed by atoms with E-state index in [1.165, 1.54) is 16.7 Å². The molecular formula is C14H13F2N3O2. The number of hydrogen-bond acceptors (Lipinski definition) is 4. The number of ether oxygens (including phenoxy) is 1. The molecule has 0 spiro atoms. The minimum absolute atomic E-state index is 0.0693. The second-order valence-electron chi connectivity index (χ2n) is 4.98. The summed E-state index contributed by atoms with van der Waals surface area (Å²) in [5.74, 6) is -0.599. The first-order chi connectivity index (χ1) is 10.0. The van der Waals surface area contributed by atoms with Gasteiger partial charge < -0.3 is 10.1 Å². The molecule has 0 amide bonds. The molecule has 2 aromatic rings. The molecule has 0 radical (unpaired) electrons. The van der Waals surface area contributed by atoms with Gasteiger partial charge in [0.05, 0.1) is 0 Å². The van der Waals surface area contributed by atoms with Gasteiger partial charge in [0.15, 0.2) is 0 Å². The second kappa shape index (κ2) is 5.16. The number of hydrogen-bond donors (Lipinski definition) is 1. The van der Waals surface area contributed by atoms with Gasteiger partial charge in [0, 0.05) is 24.7 Å². The lowest BCUT2D eigenvalue weighted by Crippen LogP contribution is -2.22. The monoisotopic (exact) mass is 293 g/mol. The van der Waals surface area contributed by atoms with E-state index in [-0.39, 0.29) is 18.5 Å². The number of rotatable bonds is 3. The van der Waals surface area contributed by atoms with Crippen LogP contribution in [-0.4, -0.2) is 15.6 Å². The molecule has 110 valence electrons. The summed E-state index contributed by atoms with van der Waals surface area (Å²) in [5.41, 5.74) is -0.0824. The molecule has 3 rings (SSSR count). The summed E-state index contributed by atoms with van der Waals surface area (Å²) in [6.07, 6.45) is 0. The number of aromatic nitrogens is 2. The number of benzene rings is 1. The highest BCUT2D eigenvalue weighted by Crippen LogP contribution is 2.20. The van der Waals surface area contributed by atoms with Crippen molar-refractivity contribution < 1.29 is 13.5 Å². The van der Waals surface area contributed by atoms with Gasteiger partial charge in [0.25, 0.3) is 0 Å². The highest BCUT2D eigenvalue weighted by molar-refractivity contribution is 5.42. The first kappa shape index (κ1) is 13.5. The smallest absolute Gasteiger partial charge is 0.352 e. The molecule has 0 aliphatic carbocycles. The molecule has 0 saturated heterocycles. The van der Waals surface area contributed by atoms with Crippen LogP contribution in [0.2, 0.25) is 0 Å². The van der Waals surface area contributed by atoms with Crippen LogP contribution in [0, 0.1) is 11.6 Å². The van der Waals surface area contributed by atoms with Gasteiger partial charge in [-0.05, 0) is 24.6 Å². The van der Waals surface area contributed by atoms with E-state index in [0.29, 0.717) is 17.9 Å². The zero-order chi connectivity index (χ0) is 15.0. The standard InChI is InChI=1S/C14H13F2N3O2/c1-8-6-19-12(17-8)5-13(18-14(19)20)21-7-9-2-10(15)4-11(16)3-9/h2-5,8,17H,6-7H2,1H3. The van der Waals surface area contributed by atoms with Crippen LogP contribution < -0.4 is 15.7 Å². The zero-order valence-corrected chi connectivity index (χ0v) is 11.3. The van der Waals surface area contributed by atoms with E-state index in [1.807, 2.05) is 6.92 Å². The fourth-order valence-electron chi connectivity index (χ4n) is 2.28. The third-order valence-electron chi connectivity index (χ3n) is 3.15. The van der Waals surface area contributed by atoms with E-state index >= 15 is 0 Å². The maximum Gasteiger partial charge on any atom is 0.352 e. The molecule has 1 atom stereocenters. The van der Waals surface area contributed by atoms with Crippen molar-refractivity contribution in [2.45, 2.75) is 26.1 Å². The Balaban J connectivity index is 1.79. The van der Waals surface area contributed by atoms with Crippen LogP contribution in [-0.2, 0) is 13.2 Å². The summed E-state index contributed by atoms with van der Waals surface area (Å²) in [4.78, 5) is 15.6. The molecule has 1 aromatic carbocycles. The quantitative estimate of drug-likeness (QED) is 0.939. The molecule has 0 fully saturated rings. The molecular weight excluding hydrogens is 280 g/mol. The van der Waals surface area contributed by atoms with E-state index in [0.717, 1.165) is 6.07 Å². The van der Waals surface area contributed by atoms with E-state index in [1.54, 1.807) is 6.07 Å². The average Bonchev–Trinajstić information content (AvgIpc) is 2.76. The summed E-state index contributed by atoms with van der Waals surface area (Å²) in [7, 11) is 0. The molecule has 2 heterocycles. The molecule has 0 saturated carbocycles. The van der Waals surface area contributed by atoms with Gasteiger partial charge in [0.2, 0.25) is 5.88 Å². The molecule has 1 unspecified atom stereocenters. The Morgan fingerprint density at radius 1 is 1.33 bits per heavy atom. The Morgan fingerprint density at radius 2 is 2.05 bits per heavy atom. The fourth-order valence-corrected chi connectivity index (χ4v) is 2.28. The summed E-state index contributed by atoms with van der Waals surface area (Å²) >= 11 is 0. The van der Waals surface area contributed by atoms with Gasteiger partial charge in [-0.3, -0.25) is 4.57 Å². The van der Waals surface area contributed by atoms with Crippen molar-refractivity contribution in [1.82, 2.24) is 9.55 Å². The van der Waals surface area contributed by atoms with Gasteiger partial charge in [-0.15, -0.1) is 0 Å². The fraction of sp³-hybridized carbons (Fsp3) is 0.286. The van der Waals surface area contributed by atoms with E-state index in [4.69, 9.17) is 4.74 Å². The minimum atomic E-state index is -0.675. The van der Waals surface area contributed by atoms with Gasteiger partial charge >= 0.3 is 5.69 Å². The van der Waals surface area contributed by atoms with Crippen LogP contribution in [0.3, 0.4) is 0 Å². The van der Waals surface area contributed by atoms with Crippen molar-refractivity contribution in [1.29, 1.82) is 0 Å². The van der Waals surface area contributed by atoms with Crippen LogP contribution in [0.4, 0.5) is 14.6 Å². The maximum absolute atomic E-state index is 13.1. The predicted molar refractivity (Wildman–Crippen MR) is 72.3 cm³/mol. The molecule has 1 aromatic heterocycles. The maximum atomic E-state index is 13.1. The molecule has 1 N–H and O–H groups in total. The van der Waals surface area contributed by atoms with Crippen LogP contribution in [0.5, 0.6) is 5.88 Å². The largest absolute Gasteiger partial charge is 0.473 e. The number of nitrogens with one attached hydrogen (secondary N) is 1. The Bertz CT molecular complexity index is 725. The minimum Gasteiger partial charge on any atom is -0.473 e. The van der Waals surface area contributed by atoms with Crippen molar-refractivity contribution in [2.24, 2.45) is 0 Å².